The molecule has 4 heteroatoms. The number of aliphatic hydroxyl groups is 1. The summed E-state index contributed by atoms with van der Waals surface area (Å²) in [5.74, 6) is 2.12. The predicted octanol–water partition coefficient (Wildman–Crippen LogP) is 3.21. The number of rotatable bonds is 7. The number of hydrogen-bond donors (Lipinski definition) is 1. The molecule has 0 amide bonds. The summed E-state index contributed by atoms with van der Waals surface area (Å²) in [6.45, 7) is 2.56. The molecule has 21 heavy (non-hydrogen) atoms. The SMILES string of the molecule is COc1ccccc1OCCOc1cccc([C@H](C)O)c1. The Morgan fingerprint density at radius 1 is 0.952 bits per heavy atom. The molecule has 0 aliphatic carbocycles. The van der Waals surface area contributed by atoms with Crippen molar-refractivity contribution in [1.29, 1.82) is 0 Å². The maximum atomic E-state index is 9.53. The number of ether oxygens (including phenoxy) is 3. The third-order valence-corrected chi connectivity index (χ3v) is 3.02. The maximum absolute atomic E-state index is 9.53. The van der Waals surface area contributed by atoms with Crippen molar-refractivity contribution in [2.45, 2.75) is 13.0 Å². The summed E-state index contributed by atoms with van der Waals surface area (Å²) in [4.78, 5) is 0. The van der Waals surface area contributed by atoms with Crippen LogP contribution in [0.25, 0.3) is 0 Å². The Kier molecular flexibility index (Phi) is 5.46. The minimum absolute atomic E-state index is 0.416. The van der Waals surface area contributed by atoms with E-state index in [9.17, 15) is 5.11 Å². The predicted molar refractivity (Wildman–Crippen MR) is 81.1 cm³/mol. The van der Waals surface area contributed by atoms with Gasteiger partial charge in [-0.3, -0.25) is 0 Å². The first-order valence-corrected chi connectivity index (χ1v) is 6.87. The molecular formula is C17H20O4. The average Bonchev–Trinajstić information content (AvgIpc) is 2.52. The maximum Gasteiger partial charge on any atom is 0.161 e. The zero-order chi connectivity index (χ0) is 15.1. The summed E-state index contributed by atoms with van der Waals surface area (Å²) < 4.78 is 16.5. The van der Waals surface area contributed by atoms with Gasteiger partial charge in [0.2, 0.25) is 0 Å². The minimum Gasteiger partial charge on any atom is -0.493 e. The lowest BCUT2D eigenvalue weighted by molar-refractivity contribution is 0.196. The lowest BCUT2D eigenvalue weighted by atomic mass is 10.1. The standard InChI is InChI=1S/C17H20O4/c1-13(18)14-6-5-7-15(12-14)20-10-11-21-17-9-4-3-8-16(17)19-2/h3-9,12-13,18H,10-11H2,1-2H3/t13-/m0/s1. The zero-order valence-corrected chi connectivity index (χ0v) is 12.3. The Balaban J connectivity index is 1.83. The molecule has 0 unspecified atom stereocenters. The molecule has 0 spiro atoms. The summed E-state index contributed by atoms with van der Waals surface area (Å²) in [6.07, 6.45) is -0.502. The van der Waals surface area contributed by atoms with E-state index in [4.69, 9.17) is 14.2 Å². The molecule has 0 radical (unpaired) electrons. The first-order valence-electron chi connectivity index (χ1n) is 6.87. The highest BCUT2D eigenvalue weighted by atomic mass is 16.5. The van der Waals surface area contributed by atoms with E-state index in [-0.39, 0.29) is 0 Å². The highest BCUT2D eigenvalue weighted by Crippen LogP contribution is 2.25. The molecule has 0 bridgehead atoms. The molecule has 0 aromatic heterocycles. The fraction of sp³-hybridized carbons (Fsp3) is 0.294. The third kappa shape index (κ3) is 4.39. The van der Waals surface area contributed by atoms with E-state index in [1.165, 1.54) is 0 Å². The Morgan fingerprint density at radius 3 is 2.38 bits per heavy atom. The van der Waals surface area contributed by atoms with Crippen molar-refractivity contribution in [3.63, 3.8) is 0 Å². The summed E-state index contributed by atoms with van der Waals surface area (Å²) in [6, 6.07) is 14.9. The normalized spacial score (nSPS) is 11.8. The van der Waals surface area contributed by atoms with Crippen molar-refractivity contribution in [2.24, 2.45) is 0 Å². The largest absolute Gasteiger partial charge is 0.493 e. The third-order valence-electron chi connectivity index (χ3n) is 3.02. The molecule has 2 aromatic rings. The Morgan fingerprint density at radius 2 is 1.67 bits per heavy atom. The number of para-hydroxylation sites is 2. The van der Waals surface area contributed by atoms with Crippen molar-refractivity contribution in [1.82, 2.24) is 0 Å². The monoisotopic (exact) mass is 288 g/mol. The Bertz CT molecular complexity index is 566. The lowest BCUT2D eigenvalue weighted by Crippen LogP contribution is -2.09. The molecule has 0 fully saturated rings. The van der Waals surface area contributed by atoms with E-state index >= 15 is 0 Å². The van der Waals surface area contributed by atoms with Crippen LogP contribution in [0.3, 0.4) is 0 Å². The van der Waals surface area contributed by atoms with Gasteiger partial charge in [-0.25, -0.2) is 0 Å². The minimum atomic E-state index is -0.502. The molecule has 1 atom stereocenters. The molecule has 4 nitrogen and oxygen atoms in total. The average molecular weight is 288 g/mol. The van der Waals surface area contributed by atoms with Gasteiger partial charge in [0.1, 0.15) is 19.0 Å². The van der Waals surface area contributed by atoms with Crippen molar-refractivity contribution >= 4 is 0 Å². The Labute approximate surface area is 124 Å². The first kappa shape index (κ1) is 15.2. The van der Waals surface area contributed by atoms with Gasteiger partial charge >= 0.3 is 0 Å². The zero-order valence-electron chi connectivity index (χ0n) is 12.3. The van der Waals surface area contributed by atoms with E-state index in [1.54, 1.807) is 14.0 Å². The van der Waals surface area contributed by atoms with Crippen LogP contribution in [0.1, 0.15) is 18.6 Å². The van der Waals surface area contributed by atoms with Crippen molar-refractivity contribution in [3.05, 3.63) is 54.1 Å². The van der Waals surface area contributed by atoms with Crippen LogP contribution in [0.5, 0.6) is 17.2 Å². The van der Waals surface area contributed by atoms with Crippen molar-refractivity contribution < 1.29 is 19.3 Å². The highest BCUT2D eigenvalue weighted by molar-refractivity contribution is 5.39. The van der Waals surface area contributed by atoms with E-state index in [0.29, 0.717) is 24.7 Å². The molecule has 0 aliphatic rings. The smallest absolute Gasteiger partial charge is 0.161 e. The van der Waals surface area contributed by atoms with Crippen molar-refractivity contribution in [3.8, 4) is 17.2 Å². The molecule has 0 saturated heterocycles. The van der Waals surface area contributed by atoms with Gasteiger partial charge in [-0.15, -0.1) is 0 Å². The van der Waals surface area contributed by atoms with E-state index in [2.05, 4.69) is 0 Å². The van der Waals surface area contributed by atoms with Crippen LogP contribution in [0.2, 0.25) is 0 Å². The molecule has 0 saturated carbocycles. The van der Waals surface area contributed by atoms with Crippen molar-refractivity contribution in [2.75, 3.05) is 20.3 Å². The lowest BCUT2D eigenvalue weighted by Gasteiger charge is -2.12. The highest BCUT2D eigenvalue weighted by Gasteiger charge is 2.04. The molecule has 112 valence electrons. The van der Waals surface area contributed by atoms with Crippen LogP contribution >= 0.6 is 0 Å². The first-order chi connectivity index (χ1) is 10.2. The summed E-state index contributed by atoms with van der Waals surface area (Å²) in [7, 11) is 1.61. The van der Waals surface area contributed by atoms with Gasteiger partial charge in [-0.1, -0.05) is 24.3 Å². The number of benzene rings is 2. The molecule has 2 rings (SSSR count). The van der Waals surface area contributed by atoms with Gasteiger partial charge < -0.3 is 19.3 Å². The molecule has 2 aromatic carbocycles. The van der Waals surface area contributed by atoms with E-state index in [0.717, 1.165) is 11.3 Å². The van der Waals surface area contributed by atoms with Crippen LogP contribution in [0.15, 0.2) is 48.5 Å². The summed E-state index contributed by atoms with van der Waals surface area (Å²) >= 11 is 0. The van der Waals surface area contributed by atoms with Crippen LogP contribution < -0.4 is 14.2 Å². The second kappa shape index (κ2) is 7.55. The van der Waals surface area contributed by atoms with Gasteiger partial charge in [0, 0.05) is 0 Å². The fourth-order valence-electron chi connectivity index (χ4n) is 1.91. The topological polar surface area (TPSA) is 47.9 Å². The molecule has 0 heterocycles. The van der Waals surface area contributed by atoms with Crippen LogP contribution in [-0.4, -0.2) is 25.4 Å². The van der Waals surface area contributed by atoms with E-state index < -0.39 is 6.10 Å². The van der Waals surface area contributed by atoms with Crippen LogP contribution in [0, 0.1) is 0 Å². The van der Waals surface area contributed by atoms with Gasteiger partial charge in [0.25, 0.3) is 0 Å². The second-order valence-corrected chi connectivity index (χ2v) is 4.60. The summed E-state index contributed by atoms with van der Waals surface area (Å²) in [5, 5.41) is 9.53. The Hall–Kier alpha value is -2.20. The van der Waals surface area contributed by atoms with Gasteiger partial charge in [0.05, 0.1) is 13.2 Å². The quantitative estimate of drug-likeness (QED) is 0.795. The number of hydrogen-bond acceptors (Lipinski definition) is 4. The molecule has 0 aliphatic heterocycles. The fourth-order valence-corrected chi connectivity index (χ4v) is 1.91. The van der Waals surface area contributed by atoms with E-state index in [1.807, 2.05) is 48.5 Å². The second-order valence-electron chi connectivity index (χ2n) is 4.60. The molecular weight excluding hydrogens is 268 g/mol. The van der Waals surface area contributed by atoms with Crippen LogP contribution in [-0.2, 0) is 0 Å². The number of aliphatic hydroxyl groups excluding tert-OH is 1. The molecule has 1 N–H and O–H groups in total. The van der Waals surface area contributed by atoms with Gasteiger partial charge in [-0.05, 0) is 36.8 Å². The summed E-state index contributed by atoms with van der Waals surface area (Å²) in [5.41, 5.74) is 0.832. The van der Waals surface area contributed by atoms with Crippen LogP contribution in [0.4, 0.5) is 0 Å². The van der Waals surface area contributed by atoms with Gasteiger partial charge in [0.15, 0.2) is 11.5 Å². The number of methoxy groups -OCH3 is 1. The van der Waals surface area contributed by atoms with Gasteiger partial charge in [-0.2, -0.15) is 0 Å².